The fourth-order valence-electron chi connectivity index (χ4n) is 3.35. The molecule has 1 aliphatic rings. The highest BCUT2D eigenvalue weighted by atomic mass is 35.5. The molecular weight excluding hydrogens is 350 g/mol. The first-order valence-electron chi connectivity index (χ1n) is 8.97. The number of fused-ring (bicyclic) bond motifs is 1. The van der Waals surface area contributed by atoms with Gasteiger partial charge in [-0.3, -0.25) is 14.9 Å². The summed E-state index contributed by atoms with van der Waals surface area (Å²) in [5.74, 6) is 0.225. The lowest BCUT2D eigenvalue weighted by Crippen LogP contribution is -2.25. The molecule has 1 aromatic carbocycles. The molecule has 26 heavy (non-hydrogen) atoms. The van der Waals surface area contributed by atoms with Crippen LogP contribution in [0.1, 0.15) is 60.6 Å². The second kappa shape index (κ2) is 7.96. The summed E-state index contributed by atoms with van der Waals surface area (Å²) in [4.78, 5) is 33.4. The average molecular weight is 372 g/mol. The first kappa shape index (κ1) is 18.5. The van der Waals surface area contributed by atoms with Gasteiger partial charge in [0.2, 0.25) is 11.9 Å². The van der Waals surface area contributed by atoms with Gasteiger partial charge in [-0.1, -0.05) is 37.6 Å². The zero-order valence-corrected chi connectivity index (χ0v) is 15.7. The topological polar surface area (TPSA) is 72.0 Å². The van der Waals surface area contributed by atoms with Crippen LogP contribution in [0.15, 0.2) is 30.5 Å². The van der Waals surface area contributed by atoms with E-state index in [4.69, 9.17) is 11.6 Å². The van der Waals surface area contributed by atoms with Gasteiger partial charge in [-0.15, -0.1) is 0 Å². The van der Waals surface area contributed by atoms with Gasteiger partial charge in [-0.05, 0) is 42.9 Å². The number of nitrogens with zero attached hydrogens (tertiary/aromatic N) is 2. The van der Waals surface area contributed by atoms with Gasteiger partial charge >= 0.3 is 0 Å². The average Bonchev–Trinajstić information content (AvgIpc) is 2.63. The van der Waals surface area contributed by atoms with Gasteiger partial charge in [0, 0.05) is 23.6 Å². The second-order valence-corrected chi connectivity index (χ2v) is 7.07. The maximum Gasteiger partial charge on any atom is 0.229 e. The van der Waals surface area contributed by atoms with Crippen LogP contribution in [-0.2, 0) is 11.2 Å². The standard InChI is InChI=1S/C20H22ClN3O2/c1-3-12(4-2)19(26)24-20-22-11-16-17(23-20)9-14(10-18(16)25)13-5-7-15(21)8-6-13/h5-8,11-12,14H,3-4,9-10H2,1-2H3,(H,22,23,24,26)/t14-/m0/s1. The molecule has 6 heteroatoms. The van der Waals surface area contributed by atoms with E-state index in [1.165, 1.54) is 6.20 Å². The molecule has 0 fully saturated rings. The summed E-state index contributed by atoms with van der Waals surface area (Å²) in [6, 6.07) is 7.56. The molecule has 0 unspecified atom stereocenters. The van der Waals surface area contributed by atoms with E-state index >= 15 is 0 Å². The number of benzene rings is 1. The minimum Gasteiger partial charge on any atom is -0.294 e. The molecule has 1 aromatic heterocycles. The highest BCUT2D eigenvalue weighted by Gasteiger charge is 2.28. The molecule has 1 N–H and O–H groups in total. The van der Waals surface area contributed by atoms with E-state index in [0.717, 1.165) is 18.4 Å². The van der Waals surface area contributed by atoms with Crippen LogP contribution in [0.3, 0.4) is 0 Å². The summed E-state index contributed by atoms with van der Waals surface area (Å²) in [7, 11) is 0. The number of carbonyl (C=O) groups excluding carboxylic acids is 2. The number of anilines is 1. The van der Waals surface area contributed by atoms with Crippen molar-refractivity contribution in [3.8, 4) is 0 Å². The summed E-state index contributed by atoms with van der Waals surface area (Å²) in [5.41, 5.74) is 2.31. The van der Waals surface area contributed by atoms with Gasteiger partial charge < -0.3 is 0 Å². The van der Waals surface area contributed by atoms with Gasteiger partial charge in [0.1, 0.15) is 0 Å². The zero-order chi connectivity index (χ0) is 18.7. The number of ketones is 1. The fraction of sp³-hybridized carbons (Fsp3) is 0.400. The van der Waals surface area contributed by atoms with Gasteiger partial charge in [-0.2, -0.15) is 0 Å². The Morgan fingerprint density at radius 1 is 1.23 bits per heavy atom. The Kier molecular flexibility index (Phi) is 5.67. The number of hydrogen-bond acceptors (Lipinski definition) is 4. The van der Waals surface area contributed by atoms with Crippen LogP contribution in [0.25, 0.3) is 0 Å². The van der Waals surface area contributed by atoms with Crippen molar-refractivity contribution in [2.75, 3.05) is 5.32 Å². The molecule has 2 aromatic rings. The van der Waals surface area contributed by atoms with Crippen molar-refractivity contribution in [1.29, 1.82) is 0 Å². The summed E-state index contributed by atoms with van der Waals surface area (Å²) >= 11 is 5.95. The monoisotopic (exact) mass is 371 g/mol. The van der Waals surface area contributed by atoms with Crippen LogP contribution in [0.5, 0.6) is 0 Å². The Labute approximate surface area is 158 Å². The molecule has 5 nitrogen and oxygen atoms in total. The van der Waals surface area contributed by atoms with E-state index in [2.05, 4.69) is 15.3 Å². The Morgan fingerprint density at radius 3 is 2.58 bits per heavy atom. The van der Waals surface area contributed by atoms with Crippen LogP contribution >= 0.6 is 11.6 Å². The van der Waals surface area contributed by atoms with E-state index in [0.29, 0.717) is 29.1 Å². The maximum atomic E-state index is 12.5. The molecule has 0 radical (unpaired) electrons. The molecule has 1 amide bonds. The Balaban J connectivity index is 1.82. The number of nitrogens with one attached hydrogen (secondary N) is 1. The number of halogens is 1. The van der Waals surface area contributed by atoms with E-state index < -0.39 is 0 Å². The lowest BCUT2D eigenvalue weighted by atomic mass is 9.82. The highest BCUT2D eigenvalue weighted by Crippen LogP contribution is 2.32. The van der Waals surface area contributed by atoms with Crippen molar-refractivity contribution in [3.05, 3.63) is 52.3 Å². The Hall–Kier alpha value is -2.27. The normalized spacial score (nSPS) is 16.5. The minimum absolute atomic E-state index is 0.0315. The van der Waals surface area contributed by atoms with Crippen molar-refractivity contribution in [2.24, 2.45) is 5.92 Å². The first-order valence-corrected chi connectivity index (χ1v) is 9.35. The van der Waals surface area contributed by atoms with Crippen LogP contribution in [0.4, 0.5) is 5.95 Å². The summed E-state index contributed by atoms with van der Waals surface area (Å²) in [5, 5.41) is 3.45. The predicted molar refractivity (Wildman–Crippen MR) is 102 cm³/mol. The largest absolute Gasteiger partial charge is 0.294 e. The van der Waals surface area contributed by atoms with Gasteiger partial charge in [0.15, 0.2) is 5.78 Å². The quantitative estimate of drug-likeness (QED) is 0.844. The molecular formula is C20H22ClN3O2. The molecule has 0 saturated carbocycles. The molecule has 1 atom stereocenters. The maximum absolute atomic E-state index is 12.5. The molecule has 0 aliphatic heterocycles. The third-order valence-corrected chi connectivity index (χ3v) is 5.22. The lowest BCUT2D eigenvalue weighted by Gasteiger charge is -2.23. The van der Waals surface area contributed by atoms with E-state index in [1.807, 2.05) is 38.1 Å². The molecule has 1 aliphatic carbocycles. The third kappa shape index (κ3) is 3.93. The van der Waals surface area contributed by atoms with Crippen LogP contribution in [0, 0.1) is 5.92 Å². The third-order valence-electron chi connectivity index (χ3n) is 4.97. The molecule has 0 saturated heterocycles. The van der Waals surface area contributed by atoms with Gasteiger partial charge in [-0.25, -0.2) is 9.97 Å². The van der Waals surface area contributed by atoms with Crippen molar-refractivity contribution >= 4 is 29.2 Å². The van der Waals surface area contributed by atoms with Crippen LogP contribution < -0.4 is 5.32 Å². The van der Waals surface area contributed by atoms with E-state index in [9.17, 15) is 9.59 Å². The first-order chi connectivity index (χ1) is 12.5. The van der Waals surface area contributed by atoms with Gasteiger partial charge in [0.05, 0.1) is 11.3 Å². The van der Waals surface area contributed by atoms with Crippen molar-refractivity contribution < 1.29 is 9.59 Å². The van der Waals surface area contributed by atoms with E-state index in [-0.39, 0.29) is 29.5 Å². The van der Waals surface area contributed by atoms with Crippen LogP contribution in [-0.4, -0.2) is 21.7 Å². The van der Waals surface area contributed by atoms with Crippen molar-refractivity contribution in [2.45, 2.75) is 45.4 Å². The minimum atomic E-state index is -0.0775. The molecule has 3 rings (SSSR count). The number of amides is 1. The Morgan fingerprint density at radius 2 is 1.92 bits per heavy atom. The van der Waals surface area contributed by atoms with Gasteiger partial charge in [0.25, 0.3) is 0 Å². The number of aromatic nitrogens is 2. The Bertz CT molecular complexity index is 816. The van der Waals surface area contributed by atoms with Crippen LogP contribution in [0.2, 0.25) is 5.02 Å². The van der Waals surface area contributed by atoms with Crippen molar-refractivity contribution in [1.82, 2.24) is 9.97 Å². The van der Waals surface area contributed by atoms with E-state index in [1.54, 1.807) is 0 Å². The highest BCUT2D eigenvalue weighted by molar-refractivity contribution is 6.30. The summed E-state index contributed by atoms with van der Waals surface area (Å²) < 4.78 is 0. The molecule has 0 bridgehead atoms. The smallest absolute Gasteiger partial charge is 0.229 e. The number of Topliss-reactive ketones (excluding diaryl/α,β-unsaturated/α-hetero) is 1. The number of rotatable bonds is 5. The lowest BCUT2D eigenvalue weighted by molar-refractivity contribution is -0.120. The van der Waals surface area contributed by atoms with Crippen molar-refractivity contribution in [3.63, 3.8) is 0 Å². The molecule has 136 valence electrons. The number of carbonyl (C=O) groups is 2. The summed E-state index contributed by atoms with van der Waals surface area (Å²) in [6.45, 7) is 3.97. The predicted octanol–water partition coefficient (Wildman–Crippen LogP) is 4.42. The fourth-order valence-corrected chi connectivity index (χ4v) is 3.47. The summed E-state index contributed by atoms with van der Waals surface area (Å²) in [6.07, 6.45) is 4.14. The molecule has 0 spiro atoms. The number of hydrogen-bond donors (Lipinski definition) is 1. The second-order valence-electron chi connectivity index (χ2n) is 6.64. The SMILES string of the molecule is CCC(CC)C(=O)Nc1ncc2c(n1)C[C@H](c1ccc(Cl)cc1)CC2=O. The zero-order valence-electron chi connectivity index (χ0n) is 15.0. The molecule has 1 heterocycles.